The van der Waals surface area contributed by atoms with E-state index >= 15 is 0 Å². The molecule has 0 aromatic carbocycles. The van der Waals surface area contributed by atoms with Gasteiger partial charge in [-0.05, 0) is 6.04 Å². The van der Waals surface area contributed by atoms with Crippen molar-refractivity contribution in [1.82, 2.24) is 0 Å². The van der Waals surface area contributed by atoms with Gasteiger partial charge in [-0.15, -0.1) is 0 Å². The van der Waals surface area contributed by atoms with Crippen molar-refractivity contribution in [1.29, 1.82) is 0 Å². The Kier molecular flexibility index (Phi) is 4.34. The van der Waals surface area contributed by atoms with Gasteiger partial charge < -0.3 is 0 Å². The zero-order valence-electron chi connectivity index (χ0n) is 8.75. The molecule has 0 spiro atoms. The fourth-order valence-corrected chi connectivity index (χ4v) is 2.97. The van der Waals surface area contributed by atoms with Crippen LogP contribution in [0.3, 0.4) is 0 Å². The average Bonchev–Trinajstić information content (AvgIpc) is 1.78. The van der Waals surface area contributed by atoms with Crippen LogP contribution in [0.2, 0.25) is 25.7 Å². The highest BCUT2D eigenvalue weighted by atomic mass is 32.2. The van der Waals surface area contributed by atoms with E-state index in [1.165, 1.54) is 0 Å². The van der Waals surface area contributed by atoms with Gasteiger partial charge >= 0.3 is 0 Å². The van der Waals surface area contributed by atoms with Crippen molar-refractivity contribution in [3.05, 3.63) is 12.2 Å². The summed E-state index contributed by atoms with van der Waals surface area (Å²) in [5, 5.41) is 0. The molecule has 0 bridgehead atoms. The van der Waals surface area contributed by atoms with Crippen molar-refractivity contribution < 1.29 is 12.6 Å². The molecule has 5 heteroatoms. The van der Waals surface area contributed by atoms with Crippen LogP contribution in [0.4, 0.5) is 0 Å². The molecule has 0 saturated carbocycles. The predicted octanol–water partition coefficient (Wildman–Crippen LogP) is 1.86. The summed E-state index contributed by atoms with van der Waals surface area (Å²) in [7, 11) is -4.51. The highest BCUT2D eigenvalue weighted by Gasteiger charge is 2.15. The number of rotatable bonds is 5. The molecule has 0 aromatic rings. The molecule has 0 saturated heterocycles. The van der Waals surface area contributed by atoms with E-state index in [0.717, 1.165) is 17.9 Å². The molecule has 3 nitrogen and oxygen atoms in total. The second kappa shape index (κ2) is 4.39. The molecule has 0 aromatic heterocycles. The Labute approximate surface area is 81.9 Å². The monoisotopic (exact) mass is 222 g/mol. The van der Waals surface area contributed by atoms with Gasteiger partial charge in [0, 0.05) is 8.07 Å². The van der Waals surface area contributed by atoms with Crippen LogP contribution >= 0.6 is 0 Å². The molecule has 0 radical (unpaired) electrons. The average molecular weight is 222 g/mol. The fourth-order valence-electron chi connectivity index (χ4n) is 0.991. The third kappa shape index (κ3) is 9.78. The second-order valence-corrected chi connectivity index (χ2v) is 11.6. The Bertz CT molecular complexity index is 274. The summed E-state index contributed by atoms with van der Waals surface area (Å²) in [6.07, 6.45) is 1.05. The lowest BCUT2D eigenvalue weighted by molar-refractivity contribution is 0.352. The summed E-state index contributed by atoms with van der Waals surface area (Å²) >= 11 is 0. The Balaban J connectivity index is 3.92. The van der Waals surface area contributed by atoms with E-state index in [1.807, 2.05) is 0 Å². The third-order valence-corrected chi connectivity index (χ3v) is 3.36. The Morgan fingerprint density at radius 1 is 1.38 bits per heavy atom. The molecule has 0 atom stereocenters. The van der Waals surface area contributed by atoms with Crippen molar-refractivity contribution in [3.63, 3.8) is 0 Å². The third-order valence-electron chi connectivity index (χ3n) is 1.26. The topological polar surface area (TPSA) is 43.4 Å². The van der Waals surface area contributed by atoms with Crippen molar-refractivity contribution in [2.24, 2.45) is 0 Å². The molecular weight excluding hydrogens is 204 g/mol. The van der Waals surface area contributed by atoms with Gasteiger partial charge in [0.1, 0.15) is 0 Å². The molecule has 0 rings (SSSR count). The lowest BCUT2D eigenvalue weighted by atomic mass is 10.4. The molecule has 0 fully saturated rings. The smallest absolute Gasteiger partial charge is 0.264 e. The molecule has 0 aliphatic rings. The summed E-state index contributed by atoms with van der Waals surface area (Å²) in [6.45, 7) is 10.5. The van der Waals surface area contributed by atoms with E-state index in [0.29, 0.717) is 0 Å². The fraction of sp³-hybridized carbons (Fsp3) is 0.750. The van der Waals surface area contributed by atoms with Crippen LogP contribution in [0, 0.1) is 0 Å². The highest BCUT2D eigenvalue weighted by Crippen LogP contribution is 2.15. The Hall–Kier alpha value is -0.133. The van der Waals surface area contributed by atoms with E-state index in [9.17, 15) is 8.42 Å². The maximum atomic E-state index is 10.6. The summed E-state index contributed by atoms with van der Waals surface area (Å²) in [5.74, 6) is 0. The van der Waals surface area contributed by atoms with Crippen molar-refractivity contribution in [3.8, 4) is 0 Å². The first-order chi connectivity index (χ1) is 5.60. The molecule has 0 heterocycles. The van der Waals surface area contributed by atoms with Gasteiger partial charge in [0.25, 0.3) is 10.1 Å². The van der Waals surface area contributed by atoms with E-state index in [2.05, 4.69) is 30.4 Å². The zero-order chi connectivity index (χ0) is 10.7. The normalized spacial score (nSPS) is 12.9. The first-order valence-corrected chi connectivity index (χ1v) is 9.63. The molecular formula is C8H18O3SSi. The molecule has 0 aliphatic carbocycles. The van der Waals surface area contributed by atoms with E-state index in [4.69, 9.17) is 0 Å². The largest absolute Gasteiger partial charge is 0.266 e. The van der Waals surface area contributed by atoms with Gasteiger partial charge in [-0.3, -0.25) is 4.18 Å². The van der Waals surface area contributed by atoms with Crippen LogP contribution in [-0.2, 0) is 14.3 Å². The Morgan fingerprint density at radius 2 is 1.85 bits per heavy atom. The highest BCUT2D eigenvalue weighted by molar-refractivity contribution is 7.85. The molecule has 78 valence electrons. The van der Waals surface area contributed by atoms with Gasteiger partial charge in [-0.2, -0.15) is 8.42 Å². The van der Waals surface area contributed by atoms with Crippen molar-refractivity contribution in [2.45, 2.75) is 25.7 Å². The lowest BCUT2D eigenvalue weighted by Gasteiger charge is -2.16. The maximum Gasteiger partial charge on any atom is 0.264 e. The molecule has 0 N–H and O–H groups in total. The van der Waals surface area contributed by atoms with Gasteiger partial charge in [0.2, 0.25) is 0 Å². The minimum atomic E-state index is -3.32. The SMILES string of the molecule is C=C(COS(C)(=O)=O)C[Si](C)(C)C. The summed E-state index contributed by atoms with van der Waals surface area (Å²) in [4.78, 5) is 0. The summed E-state index contributed by atoms with van der Waals surface area (Å²) in [6, 6.07) is 0.905. The number of hydrogen-bond acceptors (Lipinski definition) is 3. The molecule has 0 aliphatic heterocycles. The van der Waals surface area contributed by atoms with Crippen LogP contribution in [-0.4, -0.2) is 29.4 Å². The van der Waals surface area contributed by atoms with Crippen LogP contribution in [0.25, 0.3) is 0 Å². The summed E-state index contributed by atoms with van der Waals surface area (Å²) in [5.41, 5.74) is 0.865. The first kappa shape index (κ1) is 12.9. The minimum absolute atomic E-state index is 0.128. The lowest BCUT2D eigenvalue weighted by Crippen LogP contribution is -2.21. The maximum absolute atomic E-state index is 10.6. The molecule has 0 unspecified atom stereocenters. The van der Waals surface area contributed by atoms with Gasteiger partial charge in [-0.1, -0.05) is 31.8 Å². The van der Waals surface area contributed by atoms with Crippen molar-refractivity contribution >= 4 is 18.2 Å². The van der Waals surface area contributed by atoms with Gasteiger partial charge in [0.05, 0.1) is 12.9 Å². The zero-order valence-corrected chi connectivity index (χ0v) is 10.6. The van der Waals surface area contributed by atoms with E-state index in [-0.39, 0.29) is 6.61 Å². The standard InChI is InChI=1S/C8H18O3SSi/c1-8(7-13(3,4)5)6-11-12(2,9)10/h1,6-7H2,2-5H3. The van der Waals surface area contributed by atoms with Gasteiger partial charge in [-0.25, -0.2) is 0 Å². The van der Waals surface area contributed by atoms with E-state index in [1.54, 1.807) is 0 Å². The first-order valence-electron chi connectivity index (χ1n) is 4.11. The predicted molar refractivity (Wildman–Crippen MR) is 58.1 cm³/mol. The Morgan fingerprint density at radius 3 is 2.15 bits per heavy atom. The van der Waals surface area contributed by atoms with Gasteiger partial charge in [0.15, 0.2) is 0 Å². The summed E-state index contributed by atoms with van der Waals surface area (Å²) < 4.78 is 25.9. The van der Waals surface area contributed by atoms with E-state index < -0.39 is 18.2 Å². The van der Waals surface area contributed by atoms with Crippen LogP contribution in [0.15, 0.2) is 12.2 Å². The number of hydrogen-bond donors (Lipinski definition) is 0. The van der Waals surface area contributed by atoms with Crippen LogP contribution < -0.4 is 0 Å². The van der Waals surface area contributed by atoms with Crippen molar-refractivity contribution in [2.75, 3.05) is 12.9 Å². The van der Waals surface area contributed by atoms with Crippen LogP contribution in [0.5, 0.6) is 0 Å². The molecule has 13 heavy (non-hydrogen) atoms. The quantitative estimate of drug-likeness (QED) is 0.405. The van der Waals surface area contributed by atoms with Crippen LogP contribution in [0.1, 0.15) is 0 Å². The second-order valence-electron chi connectivity index (χ2n) is 4.45. The minimum Gasteiger partial charge on any atom is -0.266 e. The molecule has 0 amide bonds.